The van der Waals surface area contributed by atoms with Gasteiger partial charge >= 0.3 is 0 Å². The number of fused-ring (bicyclic) bond motifs is 1. The number of nitrogens with one attached hydrogen (secondary N) is 1. The van der Waals surface area contributed by atoms with Gasteiger partial charge in [0, 0.05) is 34.4 Å². The minimum absolute atomic E-state index is 0.0924. The van der Waals surface area contributed by atoms with Crippen LogP contribution in [0.25, 0.3) is 0 Å². The Morgan fingerprint density at radius 1 is 1.20 bits per heavy atom. The van der Waals surface area contributed by atoms with Crippen molar-refractivity contribution < 1.29 is 19.4 Å². The van der Waals surface area contributed by atoms with Gasteiger partial charge < -0.3 is 19.9 Å². The van der Waals surface area contributed by atoms with E-state index >= 15 is 0 Å². The molecule has 1 unspecified atom stereocenters. The zero-order chi connectivity index (χ0) is 17.8. The van der Waals surface area contributed by atoms with Gasteiger partial charge in [0.25, 0.3) is 0 Å². The molecular weight excluding hydrogens is 365 g/mol. The summed E-state index contributed by atoms with van der Waals surface area (Å²) in [7, 11) is 0. The average molecular weight is 382 g/mol. The number of carbonyl (C=O) groups is 1. The molecule has 0 saturated heterocycles. The Hall–Kier alpha value is -1.95. The van der Waals surface area contributed by atoms with Crippen LogP contribution in [-0.2, 0) is 0 Å². The van der Waals surface area contributed by atoms with Gasteiger partial charge in [0.1, 0.15) is 13.2 Å². The molecule has 0 aromatic heterocycles. The fourth-order valence-corrected chi connectivity index (χ4v) is 2.79. The third-order valence-electron chi connectivity index (χ3n) is 3.72. The number of hydrogen-bond donors (Lipinski definition) is 2. The summed E-state index contributed by atoms with van der Waals surface area (Å²) in [6, 6.07) is 10.1. The maximum Gasteiger partial charge on any atom is 0.195 e. The summed E-state index contributed by atoms with van der Waals surface area (Å²) in [5, 5.41) is 13.2. The second-order valence-corrected chi connectivity index (χ2v) is 6.31. The number of aliphatic hydroxyl groups is 1. The van der Waals surface area contributed by atoms with Crippen LogP contribution in [0.15, 0.2) is 36.4 Å². The number of benzene rings is 2. The van der Waals surface area contributed by atoms with E-state index in [2.05, 4.69) is 5.32 Å². The molecule has 0 amide bonds. The SMILES string of the molecule is O=C(c1cccc(Cl)c1)c1cc2c(cc1NCC(O)CCl)OCCO2. The quantitative estimate of drug-likeness (QED) is 0.593. The molecule has 2 aromatic rings. The molecule has 0 radical (unpaired) electrons. The fraction of sp³-hybridized carbons (Fsp3) is 0.278. The second kappa shape index (κ2) is 7.95. The predicted molar refractivity (Wildman–Crippen MR) is 97.5 cm³/mol. The monoisotopic (exact) mass is 381 g/mol. The number of hydrogen-bond acceptors (Lipinski definition) is 5. The van der Waals surface area contributed by atoms with Gasteiger partial charge in [0.2, 0.25) is 0 Å². The second-order valence-electron chi connectivity index (χ2n) is 5.57. The first kappa shape index (κ1) is 17.9. The largest absolute Gasteiger partial charge is 0.486 e. The molecule has 25 heavy (non-hydrogen) atoms. The number of ether oxygens (including phenoxy) is 2. The third-order valence-corrected chi connectivity index (χ3v) is 4.31. The Labute approximate surface area is 155 Å². The van der Waals surface area contributed by atoms with Gasteiger partial charge in [0.05, 0.1) is 12.0 Å². The van der Waals surface area contributed by atoms with Gasteiger partial charge in [-0.1, -0.05) is 23.7 Å². The maximum atomic E-state index is 12.9. The Kier molecular flexibility index (Phi) is 5.68. The normalized spacial score (nSPS) is 14.0. The number of aliphatic hydroxyl groups excluding tert-OH is 1. The first-order valence-electron chi connectivity index (χ1n) is 7.80. The molecule has 0 bridgehead atoms. The number of halogens is 2. The molecule has 2 N–H and O–H groups in total. The van der Waals surface area contributed by atoms with Crippen LogP contribution in [0.5, 0.6) is 11.5 Å². The lowest BCUT2D eigenvalue weighted by Gasteiger charge is -2.22. The Bertz CT molecular complexity index is 782. The van der Waals surface area contributed by atoms with Crippen molar-refractivity contribution in [2.45, 2.75) is 6.10 Å². The van der Waals surface area contributed by atoms with E-state index in [0.717, 1.165) is 0 Å². The molecule has 1 aliphatic heterocycles. The molecule has 1 atom stereocenters. The van der Waals surface area contributed by atoms with Crippen molar-refractivity contribution in [1.29, 1.82) is 0 Å². The highest BCUT2D eigenvalue weighted by Crippen LogP contribution is 2.36. The van der Waals surface area contributed by atoms with Crippen molar-refractivity contribution in [1.82, 2.24) is 0 Å². The molecule has 3 rings (SSSR count). The van der Waals surface area contributed by atoms with Crippen LogP contribution >= 0.6 is 23.2 Å². The van der Waals surface area contributed by atoms with E-state index in [1.54, 1.807) is 36.4 Å². The van der Waals surface area contributed by atoms with Crippen LogP contribution in [0, 0.1) is 0 Å². The highest BCUT2D eigenvalue weighted by Gasteiger charge is 2.21. The van der Waals surface area contributed by atoms with Crippen molar-refractivity contribution in [2.75, 3.05) is 31.0 Å². The van der Waals surface area contributed by atoms with Crippen molar-refractivity contribution in [3.8, 4) is 11.5 Å². The summed E-state index contributed by atoms with van der Waals surface area (Å²) in [6.07, 6.45) is -0.732. The topological polar surface area (TPSA) is 67.8 Å². The molecule has 132 valence electrons. The van der Waals surface area contributed by atoms with Crippen LogP contribution in [0.1, 0.15) is 15.9 Å². The van der Waals surface area contributed by atoms with Crippen LogP contribution < -0.4 is 14.8 Å². The van der Waals surface area contributed by atoms with Gasteiger partial charge in [-0.3, -0.25) is 4.79 Å². The lowest BCUT2D eigenvalue weighted by molar-refractivity contribution is 0.103. The van der Waals surface area contributed by atoms with Crippen molar-refractivity contribution in [3.63, 3.8) is 0 Å². The van der Waals surface area contributed by atoms with E-state index in [0.29, 0.717) is 46.5 Å². The number of alkyl halides is 1. The minimum atomic E-state index is -0.732. The van der Waals surface area contributed by atoms with Gasteiger partial charge in [-0.25, -0.2) is 0 Å². The molecule has 1 aliphatic rings. The van der Waals surface area contributed by atoms with Crippen molar-refractivity contribution in [3.05, 3.63) is 52.5 Å². The summed E-state index contributed by atoms with van der Waals surface area (Å²) >= 11 is 11.6. The summed E-state index contributed by atoms with van der Waals surface area (Å²) in [5.74, 6) is 0.953. The summed E-state index contributed by atoms with van der Waals surface area (Å²) in [6.45, 7) is 1.08. The summed E-state index contributed by atoms with van der Waals surface area (Å²) in [4.78, 5) is 12.9. The van der Waals surface area contributed by atoms with Crippen molar-refractivity contribution >= 4 is 34.7 Å². The Balaban J connectivity index is 1.98. The van der Waals surface area contributed by atoms with Crippen molar-refractivity contribution in [2.24, 2.45) is 0 Å². The first-order chi connectivity index (χ1) is 12.1. The molecule has 0 saturated carbocycles. The Morgan fingerprint density at radius 3 is 2.60 bits per heavy atom. The molecule has 1 heterocycles. The molecule has 0 fully saturated rings. The molecule has 7 heteroatoms. The average Bonchev–Trinajstić information content (AvgIpc) is 2.64. The van der Waals surface area contributed by atoms with Crippen LogP contribution in [0.2, 0.25) is 5.02 Å². The van der Waals surface area contributed by atoms with Crippen LogP contribution in [0.4, 0.5) is 5.69 Å². The molecule has 0 spiro atoms. The lowest BCUT2D eigenvalue weighted by atomic mass is 10.0. The summed E-state index contributed by atoms with van der Waals surface area (Å²) in [5.41, 5.74) is 1.41. The van der Waals surface area contributed by atoms with Gasteiger partial charge in [0.15, 0.2) is 17.3 Å². The third kappa shape index (κ3) is 4.18. The molecule has 0 aliphatic carbocycles. The van der Waals surface area contributed by atoms with Gasteiger partial charge in [-0.15, -0.1) is 11.6 Å². The lowest BCUT2D eigenvalue weighted by Crippen LogP contribution is -2.22. The smallest absolute Gasteiger partial charge is 0.195 e. The summed E-state index contributed by atoms with van der Waals surface area (Å²) < 4.78 is 11.1. The van der Waals surface area contributed by atoms with E-state index in [1.165, 1.54) is 0 Å². The maximum absolute atomic E-state index is 12.9. The predicted octanol–water partition coefficient (Wildman–Crippen LogP) is 3.35. The van der Waals surface area contributed by atoms with E-state index in [1.807, 2.05) is 0 Å². The zero-order valence-electron chi connectivity index (χ0n) is 13.3. The fourth-order valence-electron chi connectivity index (χ4n) is 2.49. The van der Waals surface area contributed by atoms with E-state index in [4.69, 9.17) is 32.7 Å². The Morgan fingerprint density at radius 2 is 1.92 bits per heavy atom. The van der Waals surface area contributed by atoms with Crippen LogP contribution in [-0.4, -0.2) is 42.6 Å². The van der Waals surface area contributed by atoms with E-state index < -0.39 is 6.10 Å². The first-order valence-corrected chi connectivity index (χ1v) is 8.71. The number of carbonyl (C=O) groups excluding carboxylic acids is 1. The minimum Gasteiger partial charge on any atom is -0.486 e. The highest BCUT2D eigenvalue weighted by atomic mass is 35.5. The number of anilines is 1. The van der Waals surface area contributed by atoms with E-state index in [-0.39, 0.29) is 18.2 Å². The van der Waals surface area contributed by atoms with Gasteiger partial charge in [-0.05, 0) is 18.2 Å². The molecule has 5 nitrogen and oxygen atoms in total. The molecular formula is C18H17Cl2NO4. The van der Waals surface area contributed by atoms with Crippen LogP contribution in [0.3, 0.4) is 0 Å². The molecule has 2 aromatic carbocycles. The highest BCUT2D eigenvalue weighted by molar-refractivity contribution is 6.31. The number of rotatable bonds is 6. The zero-order valence-corrected chi connectivity index (χ0v) is 14.8. The standard InChI is InChI=1S/C18H17Cl2NO4/c19-9-13(22)10-21-15-8-17-16(24-4-5-25-17)7-14(15)18(23)11-2-1-3-12(20)6-11/h1-3,6-8,13,21-22H,4-5,9-10H2. The van der Waals surface area contributed by atoms with Gasteiger partial charge in [-0.2, -0.15) is 0 Å². The van der Waals surface area contributed by atoms with E-state index in [9.17, 15) is 9.90 Å². The number of ketones is 1.